The van der Waals surface area contributed by atoms with Gasteiger partial charge < -0.3 is 18.9 Å². The van der Waals surface area contributed by atoms with Crippen molar-refractivity contribution in [3.8, 4) is 0 Å². The number of carbonyl (C=O) groups is 3. The van der Waals surface area contributed by atoms with E-state index in [1.54, 1.807) is 30.3 Å². The highest BCUT2D eigenvalue weighted by Crippen LogP contribution is 2.52. The molecule has 0 N–H and O–H groups in total. The molecule has 11 nitrogen and oxygen atoms in total. The quantitative estimate of drug-likeness (QED) is 0.292. The molecule has 1 aliphatic heterocycles. The molecule has 2 fully saturated rings. The molecular formula is C23H21ClN4O7. The van der Waals surface area contributed by atoms with E-state index in [1.165, 1.54) is 31.1 Å². The van der Waals surface area contributed by atoms with Crippen LogP contribution < -0.4 is 0 Å². The summed E-state index contributed by atoms with van der Waals surface area (Å²) < 4.78 is 25.1. The Labute approximate surface area is 204 Å². The standard InChI is InChI=1S/C23H21ClN4O7/c1-12(29)32-18-21(28-11-27-16-19(24)25-10-26-20(16)28)34-17-15(8-9-23(17,18)35-13(2)30)33-22(31)14-6-4-3-5-7-14/h3-7,10-11,15,17-18,21H,8-9H2,1-2H3/t15-,17?,18?,21?,23?/m1/s1. The number of imidazole rings is 1. The van der Waals surface area contributed by atoms with Gasteiger partial charge >= 0.3 is 17.9 Å². The Morgan fingerprint density at radius 1 is 1.09 bits per heavy atom. The van der Waals surface area contributed by atoms with Gasteiger partial charge in [0.1, 0.15) is 24.1 Å². The van der Waals surface area contributed by atoms with Crippen LogP contribution in [0.25, 0.3) is 11.2 Å². The van der Waals surface area contributed by atoms with E-state index in [0.29, 0.717) is 23.1 Å². The third-order valence-corrected chi connectivity index (χ3v) is 6.42. The lowest BCUT2D eigenvalue weighted by Gasteiger charge is -2.33. The zero-order valence-electron chi connectivity index (χ0n) is 18.8. The molecule has 12 heteroatoms. The second kappa shape index (κ2) is 8.90. The number of hydrogen-bond acceptors (Lipinski definition) is 10. The molecule has 0 spiro atoms. The Balaban J connectivity index is 1.54. The third kappa shape index (κ3) is 4.00. The van der Waals surface area contributed by atoms with Gasteiger partial charge in [0, 0.05) is 13.8 Å². The molecule has 1 saturated carbocycles. The number of fused-ring (bicyclic) bond motifs is 2. The highest BCUT2D eigenvalue weighted by atomic mass is 35.5. The fourth-order valence-electron chi connectivity index (χ4n) is 4.84. The first kappa shape index (κ1) is 23.2. The monoisotopic (exact) mass is 500 g/mol. The number of halogens is 1. The van der Waals surface area contributed by atoms with Crippen LogP contribution in [0.5, 0.6) is 0 Å². The van der Waals surface area contributed by atoms with Gasteiger partial charge in [-0.1, -0.05) is 29.8 Å². The van der Waals surface area contributed by atoms with E-state index in [2.05, 4.69) is 15.0 Å². The maximum atomic E-state index is 12.8. The number of aromatic nitrogens is 4. The Hall–Kier alpha value is -3.57. The number of nitrogens with zero attached hydrogens (tertiary/aromatic N) is 4. The summed E-state index contributed by atoms with van der Waals surface area (Å²) in [6, 6.07) is 8.52. The fourth-order valence-corrected chi connectivity index (χ4v) is 5.02. The van der Waals surface area contributed by atoms with Crippen molar-refractivity contribution in [3.63, 3.8) is 0 Å². The maximum Gasteiger partial charge on any atom is 0.338 e. The lowest BCUT2D eigenvalue weighted by molar-refractivity contribution is -0.182. The second-order valence-electron chi connectivity index (χ2n) is 8.36. The molecular weight excluding hydrogens is 480 g/mol. The summed E-state index contributed by atoms with van der Waals surface area (Å²) >= 11 is 6.15. The van der Waals surface area contributed by atoms with Crippen molar-refractivity contribution < 1.29 is 33.3 Å². The summed E-state index contributed by atoms with van der Waals surface area (Å²) in [5.41, 5.74) is -0.361. The maximum absolute atomic E-state index is 12.8. The van der Waals surface area contributed by atoms with Gasteiger partial charge in [0.25, 0.3) is 0 Å². The molecule has 0 amide bonds. The van der Waals surface area contributed by atoms with E-state index in [4.69, 9.17) is 30.5 Å². The van der Waals surface area contributed by atoms with Crippen LogP contribution in [0.3, 0.4) is 0 Å². The van der Waals surface area contributed by atoms with Gasteiger partial charge in [-0.2, -0.15) is 0 Å². The molecule has 4 unspecified atom stereocenters. The van der Waals surface area contributed by atoms with Crippen LogP contribution in [0, 0.1) is 0 Å². The minimum absolute atomic E-state index is 0.139. The lowest BCUT2D eigenvalue weighted by atomic mass is 9.93. The van der Waals surface area contributed by atoms with Gasteiger partial charge in [0.15, 0.2) is 28.7 Å². The molecule has 35 heavy (non-hydrogen) atoms. The molecule has 1 aliphatic carbocycles. The minimum atomic E-state index is -1.39. The third-order valence-electron chi connectivity index (χ3n) is 6.15. The molecule has 2 aliphatic rings. The van der Waals surface area contributed by atoms with Crippen molar-refractivity contribution in [2.24, 2.45) is 0 Å². The number of benzene rings is 1. The molecule has 1 aromatic carbocycles. The molecule has 182 valence electrons. The first-order valence-corrected chi connectivity index (χ1v) is 11.3. The Morgan fingerprint density at radius 2 is 1.86 bits per heavy atom. The average molecular weight is 501 g/mol. The minimum Gasteiger partial charge on any atom is -0.456 e. The first-order valence-electron chi connectivity index (χ1n) is 10.9. The van der Waals surface area contributed by atoms with Crippen molar-refractivity contribution in [2.75, 3.05) is 0 Å². The zero-order valence-corrected chi connectivity index (χ0v) is 19.5. The second-order valence-corrected chi connectivity index (χ2v) is 8.72. The van der Waals surface area contributed by atoms with Crippen LogP contribution in [0.15, 0.2) is 43.0 Å². The summed E-state index contributed by atoms with van der Waals surface area (Å²) in [4.78, 5) is 49.5. The number of esters is 3. The van der Waals surface area contributed by atoms with E-state index in [1.807, 2.05) is 0 Å². The smallest absolute Gasteiger partial charge is 0.338 e. The zero-order chi connectivity index (χ0) is 24.7. The van der Waals surface area contributed by atoms with E-state index in [9.17, 15) is 14.4 Å². The van der Waals surface area contributed by atoms with Crippen LogP contribution in [0.2, 0.25) is 5.15 Å². The van der Waals surface area contributed by atoms with Crippen LogP contribution >= 0.6 is 11.6 Å². The fraction of sp³-hybridized carbons (Fsp3) is 0.391. The van der Waals surface area contributed by atoms with Gasteiger partial charge in [0.2, 0.25) is 0 Å². The number of rotatable bonds is 5. The number of hydrogen-bond donors (Lipinski definition) is 0. The summed E-state index contributed by atoms with van der Waals surface area (Å²) in [5, 5.41) is 0.139. The predicted molar refractivity (Wildman–Crippen MR) is 119 cm³/mol. The molecule has 1 saturated heterocycles. The largest absolute Gasteiger partial charge is 0.456 e. The molecule has 5 atom stereocenters. The van der Waals surface area contributed by atoms with E-state index in [-0.39, 0.29) is 11.6 Å². The molecule has 0 bridgehead atoms. The molecule has 2 aromatic heterocycles. The van der Waals surface area contributed by atoms with Crippen LogP contribution in [-0.4, -0.2) is 61.3 Å². The molecule has 3 aromatic rings. The topological polar surface area (TPSA) is 132 Å². The highest BCUT2D eigenvalue weighted by molar-refractivity contribution is 6.33. The van der Waals surface area contributed by atoms with Gasteiger partial charge in [0.05, 0.1) is 11.9 Å². The van der Waals surface area contributed by atoms with Crippen molar-refractivity contribution in [1.82, 2.24) is 19.5 Å². The summed E-state index contributed by atoms with van der Waals surface area (Å²) in [6.45, 7) is 2.51. The average Bonchev–Trinajstić information content (AvgIpc) is 3.47. The number of ether oxygens (including phenoxy) is 4. The van der Waals surface area contributed by atoms with Crippen molar-refractivity contribution in [2.45, 2.75) is 56.8 Å². The van der Waals surface area contributed by atoms with E-state index in [0.717, 1.165) is 0 Å². The van der Waals surface area contributed by atoms with Crippen molar-refractivity contribution in [3.05, 3.63) is 53.7 Å². The SMILES string of the molecule is CC(=O)OC1C(n2cnc3c(Cl)ncnc32)OC2[C@H](OC(=O)c3ccccc3)CCC12OC(C)=O. The van der Waals surface area contributed by atoms with E-state index >= 15 is 0 Å². The molecule has 3 heterocycles. The lowest BCUT2D eigenvalue weighted by Crippen LogP contribution is -2.51. The summed E-state index contributed by atoms with van der Waals surface area (Å²) in [7, 11) is 0. The predicted octanol–water partition coefficient (Wildman–Crippen LogP) is 2.63. The van der Waals surface area contributed by atoms with Crippen molar-refractivity contribution in [1.29, 1.82) is 0 Å². The Bertz CT molecular complexity index is 1300. The van der Waals surface area contributed by atoms with Crippen LogP contribution in [0.1, 0.15) is 43.3 Å². The summed E-state index contributed by atoms with van der Waals surface area (Å²) in [5.74, 6) is -1.73. The van der Waals surface area contributed by atoms with Crippen LogP contribution in [-0.2, 0) is 28.5 Å². The van der Waals surface area contributed by atoms with E-state index < -0.39 is 48.0 Å². The highest BCUT2D eigenvalue weighted by Gasteiger charge is 2.68. The van der Waals surface area contributed by atoms with Gasteiger partial charge in [-0.05, 0) is 25.0 Å². The first-order chi connectivity index (χ1) is 16.8. The molecule has 0 radical (unpaired) electrons. The molecule has 5 rings (SSSR count). The summed E-state index contributed by atoms with van der Waals surface area (Å²) in [6.07, 6.45) is -0.467. The normalized spacial score (nSPS) is 27.4. The number of carbonyl (C=O) groups excluding carboxylic acids is 3. The van der Waals surface area contributed by atoms with Crippen molar-refractivity contribution >= 4 is 40.7 Å². The van der Waals surface area contributed by atoms with Gasteiger partial charge in [-0.15, -0.1) is 0 Å². The van der Waals surface area contributed by atoms with Gasteiger partial charge in [-0.25, -0.2) is 19.7 Å². The Kier molecular flexibility index (Phi) is 5.89. The Morgan fingerprint density at radius 3 is 2.57 bits per heavy atom. The van der Waals surface area contributed by atoms with Gasteiger partial charge in [-0.3, -0.25) is 14.2 Å². The van der Waals surface area contributed by atoms with Crippen LogP contribution in [0.4, 0.5) is 0 Å².